The number of carbonyl (C=O) groups excluding carboxylic acids is 1. The molecule has 0 spiro atoms. The van der Waals surface area contributed by atoms with Crippen LogP contribution >= 0.6 is 0 Å². The summed E-state index contributed by atoms with van der Waals surface area (Å²) >= 11 is 0. The molecule has 2 aliphatic rings. The Kier molecular flexibility index (Phi) is 5.14. The number of carboxylic acids is 1. The van der Waals surface area contributed by atoms with Crippen molar-refractivity contribution in [1.29, 1.82) is 0 Å². The van der Waals surface area contributed by atoms with Crippen LogP contribution in [-0.2, 0) is 14.3 Å². The molecule has 24 heavy (non-hydrogen) atoms. The maximum atomic E-state index is 13.9. The lowest BCUT2D eigenvalue weighted by molar-refractivity contribution is -0.148. The fraction of sp³-hybridized carbons (Fsp3) is 0.556. The van der Waals surface area contributed by atoms with Crippen LogP contribution in [0.4, 0.5) is 4.39 Å². The summed E-state index contributed by atoms with van der Waals surface area (Å²) in [4.78, 5) is 25.7. The minimum atomic E-state index is -0.821. The Morgan fingerprint density at radius 3 is 2.71 bits per heavy atom. The number of carboxylic acid groups (broad SMARTS) is 1. The molecule has 0 radical (unpaired) electrons. The Morgan fingerprint density at radius 1 is 1.21 bits per heavy atom. The van der Waals surface area contributed by atoms with Crippen molar-refractivity contribution in [2.45, 2.75) is 31.8 Å². The van der Waals surface area contributed by atoms with Crippen LogP contribution in [0.1, 0.15) is 37.4 Å². The molecule has 5 nitrogen and oxygen atoms in total. The van der Waals surface area contributed by atoms with Gasteiger partial charge in [-0.15, -0.1) is 0 Å². The standard InChI is InChI=1S/C18H22FNO4/c19-15-7-2-1-6-14(15)16-11-20(8-9-24-16)17(21)12-4-3-5-13(10-12)18(22)23/h1-2,6-7,12-13,16H,3-5,8-11H2,(H,22,23). The number of carbonyl (C=O) groups is 2. The molecule has 3 rings (SSSR count). The predicted octanol–water partition coefficient (Wildman–Crippen LogP) is 2.62. The normalized spacial score (nSPS) is 27.7. The van der Waals surface area contributed by atoms with Crippen LogP contribution in [0.2, 0.25) is 0 Å². The van der Waals surface area contributed by atoms with Gasteiger partial charge in [0.1, 0.15) is 11.9 Å². The number of hydrogen-bond acceptors (Lipinski definition) is 3. The van der Waals surface area contributed by atoms with E-state index in [1.165, 1.54) is 6.07 Å². The van der Waals surface area contributed by atoms with Gasteiger partial charge in [0.2, 0.25) is 5.91 Å². The molecule has 1 N–H and O–H groups in total. The Balaban J connectivity index is 1.67. The monoisotopic (exact) mass is 335 g/mol. The zero-order chi connectivity index (χ0) is 17.1. The molecule has 1 saturated carbocycles. The van der Waals surface area contributed by atoms with E-state index in [1.54, 1.807) is 23.1 Å². The molecule has 130 valence electrons. The van der Waals surface area contributed by atoms with Crippen LogP contribution in [0.5, 0.6) is 0 Å². The van der Waals surface area contributed by atoms with Gasteiger partial charge in [0.05, 0.1) is 19.1 Å². The van der Waals surface area contributed by atoms with Crippen LogP contribution in [0, 0.1) is 17.7 Å². The average molecular weight is 335 g/mol. The van der Waals surface area contributed by atoms with E-state index in [9.17, 15) is 19.1 Å². The summed E-state index contributed by atoms with van der Waals surface area (Å²) in [6, 6.07) is 6.44. The van der Waals surface area contributed by atoms with Crippen LogP contribution in [0.25, 0.3) is 0 Å². The molecule has 2 fully saturated rings. The molecule has 3 atom stereocenters. The third kappa shape index (κ3) is 3.59. The fourth-order valence-corrected chi connectivity index (χ4v) is 3.67. The number of benzene rings is 1. The second-order valence-corrected chi connectivity index (χ2v) is 6.56. The predicted molar refractivity (Wildman–Crippen MR) is 84.8 cm³/mol. The summed E-state index contributed by atoms with van der Waals surface area (Å²) < 4.78 is 19.6. The molecule has 6 heteroatoms. The summed E-state index contributed by atoms with van der Waals surface area (Å²) in [5, 5.41) is 9.18. The molecule has 3 unspecified atom stereocenters. The molecule has 1 saturated heterocycles. The maximum Gasteiger partial charge on any atom is 0.306 e. The van der Waals surface area contributed by atoms with Crippen molar-refractivity contribution >= 4 is 11.9 Å². The molecule has 1 heterocycles. The van der Waals surface area contributed by atoms with Crippen molar-refractivity contribution in [2.24, 2.45) is 11.8 Å². The van der Waals surface area contributed by atoms with Gasteiger partial charge in [0.25, 0.3) is 0 Å². The van der Waals surface area contributed by atoms with Crippen molar-refractivity contribution in [3.8, 4) is 0 Å². The molecule has 1 aromatic rings. The van der Waals surface area contributed by atoms with E-state index >= 15 is 0 Å². The second kappa shape index (κ2) is 7.30. The van der Waals surface area contributed by atoms with Gasteiger partial charge in [0.15, 0.2) is 0 Å². The molecule has 0 bridgehead atoms. The average Bonchev–Trinajstić information content (AvgIpc) is 2.61. The largest absolute Gasteiger partial charge is 0.481 e. The van der Waals surface area contributed by atoms with Gasteiger partial charge in [-0.25, -0.2) is 4.39 Å². The smallest absolute Gasteiger partial charge is 0.306 e. The van der Waals surface area contributed by atoms with Crippen molar-refractivity contribution in [3.63, 3.8) is 0 Å². The van der Waals surface area contributed by atoms with E-state index in [-0.39, 0.29) is 17.6 Å². The van der Waals surface area contributed by atoms with Gasteiger partial charge < -0.3 is 14.7 Å². The number of morpholine rings is 1. The summed E-state index contributed by atoms with van der Waals surface area (Å²) in [6.07, 6.45) is 2.05. The lowest BCUT2D eigenvalue weighted by Crippen LogP contribution is -2.46. The Bertz CT molecular complexity index is 621. The van der Waals surface area contributed by atoms with E-state index in [1.807, 2.05) is 0 Å². The number of nitrogens with zero attached hydrogens (tertiary/aromatic N) is 1. The molecule has 1 aromatic carbocycles. The number of rotatable bonds is 3. The van der Waals surface area contributed by atoms with Gasteiger partial charge in [-0.2, -0.15) is 0 Å². The highest BCUT2D eigenvalue weighted by Gasteiger charge is 2.35. The number of aliphatic carboxylic acids is 1. The fourth-order valence-electron chi connectivity index (χ4n) is 3.67. The zero-order valence-electron chi connectivity index (χ0n) is 13.5. The highest BCUT2D eigenvalue weighted by atomic mass is 19.1. The molecule has 1 aliphatic heterocycles. The van der Waals surface area contributed by atoms with Gasteiger partial charge >= 0.3 is 5.97 Å². The van der Waals surface area contributed by atoms with Gasteiger partial charge in [-0.1, -0.05) is 24.6 Å². The first-order chi connectivity index (χ1) is 11.6. The van der Waals surface area contributed by atoms with Gasteiger partial charge in [-0.05, 0) is 25.3 Å². The highest BCUT2D eigenvalue weighted by molar-refractivity contribution is 5.80. The van der Waals surface area contributed by atoms with Gasteiger partial charge in [-0.3, -0.25) is 9.59 Å². The van der Waals surface area contributed by atoms with Crippen molar-refractivity contribution in [2.75, 3.05) is 19.7 Å². The number of amides is 1. The minimum Gasteiger partial charge on any atom is -0.481 e. The summed E-state index contributed by atoms with van der Waals surface area (Å²) in [5.74, 6) is -1.86. The first-order valence-corrected chi connectivity index (χ1v) is 8.44. The van der Waals surface area contributed by atoms with E-state index in [0.717, 1.165) is 12.8 Å². The molecular formula is C18H22FNO4. The quantitative estimate of drug-likeness (QED) is 0.922. The third-order valence-electron chi connectivity index (χ3n) is 5.00. The Hall–Kier alpha value is -1.95. The van der Waals surface area contributed by atoms with E-state index < -0.39 is 18.0 Å². The van der Waals surface area contributed by atoms with E-state index in [0.29, 0.717) is 38.1 Å². The number of halogens is 1. The third-order valence-corrected chi connectivity index (χ3v) is 5.00. The topological polar surface area (TPSA) is 66.8 Å². The number of ether oxygens (including phenoxy) is 1. The highest BCUT2D eigenvalue weighted by Crippen LogP contribution is 2.32. The van der Waals surface area contributed by atoms with Crippen LogP contribution in [0.3, 0.4) is 0 Å². The van der Waals surface area contributed by atoms with Crippen molar-refractivity contribution in [1.82, 2.24) is 4.90 Å². The lowest BCUT2D eigenvalue weighted by Gasteiger charge is -2.37. The summed E-state index contributed by atoms with van der Waals surface area (Å²) in [7, 11) is 0. The Morgan fingerprint density at radius 2 is 1.96 bits per heavy atom. The summed E-state index contributed by atoms with van der Waals surface area (Å²) in [6.45, 7) is 1.14. The lowest BCUT2D eigenvalue weighted by atomic mass is 9.80. The molecule has 0 aromatic heterocycles. The van der Waals surface area contributed by atoms with Crippen LogP contribution < -0.4 is 0 Å². The van der Waals surface area contributed by atoms with E-state index in [2.05, 4.69) is 0 Å². The zero-order valence-corrected chi connectivity index (χ0v) is 13.5. The van der Waals surface area contributed by atoms with Crippen LogP contribution in [-0.4, -0.2) is 41.6 Å². The van der Waals surface area contributed by atoms with E-state index in [4.69, 9.17) is 4.74 Å². The van der Waals surface area contributed by atoms with Crippen molar-refractivity contribution < 1.29 is 23.8 Å². The number of hydrogen-bond donors (Lipinski definition) is 1. The minimum absolute atomic E-state index is 0.0226. The molecule has 1 aliphatic carbocycles. The second-order valence-electron chi connectivity index (χ2n) is 6.56. The molecular weight excluding hydrogens is 313 g/mol. The maximum absolute atomic E-state index is 13.9. The summed E-state index contributed by atoms with van der Waals surface area (Å²) in [5.41, 5.74) is 0.460. The van der Waals surface area contributed by atoms with Crippen molar-refractivity contribution in [3.05, 3.63) is 35.6 Å². The Labute approximate surface area is 140 Å². The van der Waals surface area contributed by atoms with Gasteiger partial charge in [0, 0.05) is 18.0 Å². The SMILES string of the molecule is O=C(O)C1CCCC(C(=O)N2CCOC(c3ccccc3F)C2)C1. The molecule has 1 amide bonds. The first-order valence-electron chi connectivity index (χ1n) is 8.44. The first kappa shape index (κ1) is 16.9. The van der Waals surface area contributed by atoms with Crippen LogP contribution in [0.15, 0.2) is 24.3 Å².